The lowest BCUT2D eigenvalue weighted by molar-refractivity contribution is -0.141. The number of benzene rings is 2. The number of aliphatic hydroxyl groups excluding tert-OH is 1. The summed E-state index contributed by atoms with van der Waals surface area (Å²) in [6, 6.07) is 18.9. The Hall–Kier alpha value is -5.62. The van der Waals surface area contributed by atoms with Crippen molar-refractivity contribution in [3.05, 3.63) is 83.2 Å². The van der Waals surface area contributed by atoms with Gasteiger partial charge in [0.2, 0.25) is 11.8 Å². The number of β-amino-alcohol motifs (C(OH)–C–C–N with tert-alkyl or cyclic N) is 1. The fourth-order valence-corrected chi connectivity index (χ4v) is 11.2. The van der Waals surface area contributed by atoms with Crippen LogP contribution in [0.15, 0.2) is 70.7 Å². The third-order valence-electron chi connectivity index (χ3n) is 14.0. The summed E-state index contributed by atoms with van der Waals surface area (Å²) in [6.45, 7) is 17.5. The minimum absolute atomic E-state index is 0.0582. The number of phenols is 1. The maximum Gasteiger partial charge on any atom is 0.254 e. The number of thiazole rings is 1. The Morgan fingerprint density at radius 2 is 1.77 bits per heavy atom. The molecule has 3 saturated heterocycles. The summed E-state index contributed by atoms with van der Waals surface area (Å²) in [6.07, 6.45) is 1.29. The van der Waals surface area contributed by atoms with Crippen LogP contribution in [0.2, 0.25) is 0 Å². The monoisotopic (exact) mass is 918 g/mol. The topological polar surface area (TPSA) is 186 Å². The third-order valence-corrected chi connectivity index (χ3v) is 14.9. The highest BCUT2D eigenvalue weighted by molar-refractivity contribution is 7.13. The van der Waals surface area contributed by atoms with E-state index in [-0.39, 0.29) is 60.7 Å². The van der Waals surface area contributed by atoms with Crippen molar-refractivity contribution in [1.82, 2.24) is 40.4 Å². The minimum atomic E-state index is -0.825. The van der Waals surface area contributed by atoms with Crippen molar-refractivity contribution in [1.29, 1.82) is 0 Å². The zero-order chi connectivity index (χ0) is 46.2. The highest BCUT2D eigenvalue weighted by Crippen LogP contribution is 2.39. The van der Waals surface area contributed by atoms with Crippen molar-refractivity contribution in [3.8, 4) is 33.3 Å². The predicted octanol–water partition coefficient (Wildman–Crippen LogP) is 6.08. The molecule has 7 atom stereocenters. The maximum absolute atomic E-state index is 14.3. The van der Waals surface area contributed by atoms with Gasteiger partial charge in [-0.1, -0.05) is 50.2 Å². The summed E-state index contributed by atoms with van der Waals surface area (Å²) >= 11 is 1.59. The second kappa shape index (κ2) is 19.3. The van der Waals surface area contributed by atoms with Crippen molar-refractivity contribution < 1.29 is 29.1 Å². The van der Waals surface area contributed by atoms with Gasteiger partial charge in [-0.05, 0) is 94.0 Å². The summed E-state index contributed by atoms with van der Waals surface area (Å²) in [7, 11) is 0. The number of carbonyl (C=O) groups is 2. The van der Waals surface area contributed by atoms with Crippen LogP contribution in [-0.4, -0.2) is 139 Å². The molecule has 0 spiro atoms. The molecule has 350 valence electrons. The number of aromatic nitrogens is 4. The summed E-state index contributed by atoms with van der Waals surface area (Å²) < 4.78 is 12.1. The summed E-state index contributed by atoms with van der Waals surface area (Å²) in [4.78, 5) is 42.6. The number of fused-ring (bicyclic) bond motifs is 3. The molecule has 66 heavy (non-hydrogen) atoms. The van der Waals surface area contributed by atoms with Crippen LogP contribution in [0.25, 0.3) is 21.7 Å². The molecule has 16 nitrogen and oxygen atoms in total. The molecule has 3 aromatic heterocycles. The number of piperazine rings is 1. The van der Waals surface area contributed by atoms with E-state index in [1.807, 2.05) is 82.6 Å². The maximum atomic E-state index is 14.3. The summed E-state index contributed by atoms with van der Waals surface area (Å²) in [5, 5.41) is 41.1. The number of hydrogen-bond acceptors (Lipinski definition) is 15. The van der Waals surface area contributed by atoms with E-state index in [4.69, 9.17) is 9.26 Å². The van der Waals surface area contributed by atoms with E-state index in [0.29, 0.717) is 28.9 Å². The zero-order valence-electron chi connectivity index (χ0n) is 38.6. The lowest BCUT2D eigenvalue weighted by Gasteiger charge is -2.51. The number of nitrogens with one attached hydrogen (secondary N) is 2. The molecule has 4 aliphatic heterocycles. The van der Waals surface area contributed by atoms with Gasteiger partial charge in [0.1, 0.15) is 23.8 Å². The van der Waals surface area contributed by atoms with Gasteiger partial charge < -0.3 is 39.9 Å². The number of hydrogen-bond donors (Lipinski definition) is 4. The van der Waals surface area contributed by atoms with Crippen molar-refractivity contribution in [2.45, 2.75) is 109 Å². The molecule has 2 unspecified atom stereocenters. The van der Waals surface area contributed by atoms with Gasteiger partial charge in [-0.25, -0.2) is 4.98 Å². The number of aliphatic hydroxyl groups is 1. The first-order valence-corrected chi connectivity index (χ1v) is 24.3. The predicted molar refractivity (Wildman–Crippen MR) is 254 cm³/mol. The van der Waals surface area contributed by atoms with Crippen LogP contribution in [0.3, 0.4) is 0 Å². The number of likely N-dealkylation sites (tertiary alicyclic amines) is 2. The van der Waals surface area contributed by atoms with E-state index in [1.54, 1.807) is 23.5 Å². The number of aryl methyl sites for hydroxylation is 1. The van der Waals surface area contributed by atoms with Crippen LogP contribution in [0.4, 0.5) is 11.5 Å². The molecule has 17 heteroatoms. The van der Waals surface area contributed by atoms with Crippen LogP contribution in [0.1, 0.15) is 82.9 Å². The molecule has 4 N–H and O–H groups in total. The quantitative estimate of drug-likeness (QED) is 0.106. The van der Waals surface area contributed by atoms with E-state index in [2.05, 4.69) is 58.7 Å². The molecular formula is C49H62N10O6S. The normalized spacial score (nSPS) is 22.9. The summed E-state index contributed by atoms with van der Waals surface area (Å²) in [5.41, 5.74) is 7.20. The highest BCUT2D eigenvalue weighted by atomic mass is 32.1. The molecule has 0 bridgehead atoms. The number of aromatic hydroxyl groups is 1. The molecule has 3 fully saturated rings. The average molecular weight is 919 g/mol. The van der Waals surface area contributed by atoms with Crippen molar-refractivity contribution >= 4 is 34.7 Å². The minimum Gasteiger partial charge on any atom is -0.507 e. The molecule has 7 heterocycles. The molecular weight excluding hydrogens is 857 g/mol. The van der Waals surface area contributed by atoms with Gasteiger partial charge in [0.25, 0.3) is 5.88 Å². The van der Waals surface area contributed by atoms with Gasteiger partial charge in [0.15, 0.2) is 11.6 Å². The smallest absolute Gasteiger partial charge is 0.254 e. The first-order valence-electron chi connectivity index (χ1n) is 23.4. The number of rotatable bonds is 13. The zero-order valence-corrected chi connectivity index (χ0v) is 39.4. The Bertz CT molecular complexity index is 2490. The van der Waals surface area contributed by atoms with Gasteiger partial charge in [-0.3, -0.25) is 19.4 Å². The van der Waals surface area contributed by atoms with Gasteiger partial charge in [-0.2, -0.15) is 0 Å². The van der Waals surface area contributed by atoms with Crippen molar-refractivity contribution in [2.75, 3.05) is 56.0 Å². The Labute approximate surface area is 390 Å². The van der Waals surface area contributed by atoms with Gasteiger partial charge in [-0.15, -0.1) is 21.5 Å². The van der Waals surface area contributed by atoms with E-state index in [9.17, 15) is 19.8 Å². The lowest BCUT2D eigenvalue weighted by atomic mass is 9.91. The Morgan fingerprint density at radius 3 is 2.50 bits per heavy atom. The number of para-hydroxylation sites is 1. The third kappa shape index (κ3) is 9.48. The van der Waals surface area contributed by atoms with Crippen LogP contribution in [0.5, 0.6) is 11.6 Å². The SMILES string of the molecule is Cc1ncsc1-c1ccc([C@H](C)NC(=O)[C@@H]2C[C@@H](O)CN2C(=O)[C@@H](c2cc(O[C@@H](C)CN3CCC(N4CCN5c6cc(-c7ccccc7O)nnc6NC(C)C5C4)CC3)no2)C(C)C)cc1. The van der Waals surface area contributed by atoms with E-state index in [0.717, 1.165) is 85.3 Å². The van der Waals surface area contributed by atoms with Crippen LogP contribution < -0.4 is 20.3 Å². The van der Waals surface area contributed by atoms with Crippen molar-refractivity contribution in [3.63, 3.8) is 0 Å². The van der Waals surface area contributed by atoms with E-state index < -0.39 is 18.1 Å². The van der Waals surface area contributed by atoms with Gasteiger partial charge >= 0.3 is 0 Å². The number of carbonyl (C=O) groups excluding carboxylic acids is 2. The standard InChI is InChI=1S/C49H62N10O6S/c1-28(2)45(49(63)59-25-36(60)21-40(59)48(62)52-30(4)33-11-13-34(14-12-33)46-32(6)50-27-66-46)43-23-44(55-65-43)64-29(3)24-56-17-15-35(16-18-56)57-19-20-58-39-22-38(37-9-7-8-10-42(37)61)53-54-47(39)51-31(5)41(58)26-57/h7-14,22-23,27-31,35-36,40-41,45,60-61H,15-21,24-26H2,1-6H3,(H,51,54)(H,52,62)/t29-,30-,31?,36+,40-,41?,45+/m0/s1. The van der Waals surface area contributed by atoms with Crippen LogP contribution in [0, 0.1) is 12.8 Å². The molecule has 2 amide bonds. The molecule has 0 radical (unpaired) electrons. The van der Waals surface area contributed by atoms with Crippen molar-refractivity contribution in [2.24, 2.45) is 5.92 Å². The molecule has 0 aliphatic carbocycles. The number of anilines is 2. The summed E-state index contributed by atoms with van der Waals surface area (Å²) in [5.74, 6) is 0.188. The largest absolute Gasteiger partial charge is 0.507 e. The number of nitrogens with zero attached hydrogens (tertiary/aromatic N) is 8. The fraction of sp³-hybridized carbons (Fsp3) is 0.510. The number of ether oxygens (including phenoxy) is 1. The number of phenolic OH excluding ortho intramolecular Hbond substituents is 1. The first kappa shape index (κ1) is 45.5. The molecule has 5 aromatic rings. The fourth-order valence-electron chi connectivity index (χ4n) is 10.4. The number of piperidine rings is 1. The molecule has 9 rings (SSSR count). The van der Waals surface area contributed by atoms with Crippen LogP contribution in [-0.2, 0) is 9.59 Å². The number of amides is 2. The second-order valence-corrected chi connectivity index (χ2v) is 19.8. The van der Waals surface area contributed by atoms with Gasteiger partial charge in [0.05, 0.1) is 45.7 Å². The molecule has 2 aromatic carbocycles. The lowest BCUT2D eigenvalue weighted by Crippen LogP contribution is -2.63. The first-order chi connectivity index (χ1) is 31.8. The molecule has 0 saturated carbocycles. The molecule has 4 aliphatic rings. The van der Waals surface area contributed by atoms with E-state index >= 15 is 0 Å². The highest BCUT2D eigenvalue weighted by Gasteiger charge is 2.44. The van der Waals surface area contributed by atoms with Crippen LogP contribution >= 0.6 is 11.3 Å². The van der Waals surface area contributed by atoms with E-state index in [1.165, 1.54) is 4.90 Å². The Morgan fingerprint density at radius 1 is 1.00 bits per heavy atom. The average Bonchev–Trinajstić information content (AvgIpc) is 4.06. The second-order valence-electron chi connectivity index (χ2n) is 18.9. The Kier molecular flexibility index (Phi) is 13.3. The van der Waals surface area contributed by atoms with Gasteiger partial charge in [0, 0.05) is 62.9 Å². The Balaban J connectivity index is 0.762.